The fourth-order valence-corrected chi connectivity index (χ4v) is 2.47. The van der Waals surface area contributed by atoms with Gasteiger partial charge in [0.05, 0.1) is 10.9 Å². The van der Waals surface area contributed by atoms with Crippen LogP contribution in [0.1, 0.15) is 22.7 Å². The smallest absolute Gasteiger partial charge is 0.307 e. The zero-order valence-electron chi connectivity index (χ0n) is 10.0. The third kappa shape index (κ3) is 2.00. The summed E-state index contributed by atoms with van der Waals surface area (Å²) in [5, 5.41) is 9.16. The number of nitrogens with zero attached hydrogens (tertiary/aromatic N) is 1. The Kier molecular flexibility index (Phi) is 2.60. The molecule has 98 valence electrons. The minimum absolute atomic E-state index is 0.197. The van der Waals surface area contributed by atoms with Gasteiger partial charge in [0.25, 0.3) is 0 Å². The lowest BCUT2D eigenvalue weighted by molar-refractivity contribution is -0.138. The fourth-order valence-electron chi connectivity index (χ4n) is 2.22. The van der Waals surface area contributed by atoms with Gasteiger partial charge in [0.2, 0.25) is 0 Å². The number of aromatic nitrogens is 1. The molecule has 3 rings (SSSR count). The molecule has 2 unspecified atom stereocenters. The number of hydrogen-bond acceptors (Lipinski definition) is 4. The lowest BCUT2D eigenvalue weighted by Crippen LogP contribution is -2.08. The Labute approximate surface area is 113 Å². The maximum atomic E-state index is 12.1. The third-order valence-electron chi connectivity index (χ3n) is 3.28. The van der Waals surface area contributed by atoms with Crippen LogP contribution in [-0.4, -0.2) is 21.8 Å². The SMILES string of the molecule is Cc1nc2cc(C(=O)C3CC3C(=O)O)cc(Cl)c2o1. The molecule has 1 heterocycles. The highest BCUT2D eigenvalue weighted by Gasteiger charge is 2.48. The predicted octanol–water partition coefficient (Wildman–Crippen LogP) is 2.69. The van der Waals surface area contributed by atoms with Gasteiger partial charge in [-0.15, -0.1) is 0 Å². The Hall–Kier alpha value is -1.88. The molecule has 1 aliphatic carbocycles. The van der Waals surface area contributed by atoms with Crippen LogP contribution < -0.4 is 0 Å². The number of hydrogen-bond donors (Lipinski definition) is 1. The number of fused-ring (bicyclic) bond motifs is 1. The van der Waals surface area contributed by atoms with E-state index in [4.69, 9.17) is 21.1 Å². The minimum Gasteiger partial charge on any atom is -0.481 e. The molecule has 0 aliphatic heterocycles. The summed E-state index contributed by atoms with van der Waals surface area (Å²) in [5.41, 5.74) is 1.35. The first kappa shape index (κ1) is 12.2. The van der Waals surface area contributed by atoms with E-state index in [0.29, 0.717) is 34.0 Å². The average molecular weight is 280 g/mol. The summed E-state index contributed by atoms with van der Waals surface area (Å²) in [6.45, 7) is 1.69. The van der Waals surface area contributed by atoms with Crippen LogP contribution in [0.2, 0.25) is 5.02 Å². The molecule has 1 fully saturated rings. The van der Waals surface area contributed by atoms with Gasteiger partial charge < -0.3 is 9.52 Å². The summed E-state index contributed by atoms with van der Waals surface area (Å²) in [7, 11) is 0. The van der Waals surface area contributed by atoms with Crippen molar-refractivity contribution in [3.8, 4) is 0 Å². The number of aliphatic carboxylic acids is 1. The van der Waals surface area contributed by atoms with E-state index in [1.54, 1.807) is 13.0 Å². The second-order valence-corrected chi connectivity index (χ2v) is 5.10. The van der Waals surface area contributed by atoms with Gasteiger partial charge in [-0.3, -0.25) is 9.59 Å². The normalized spacial score (nSPS) is 21.6. The Morgan fingerprint density at radius 1 is 1.42 bits per heavy atom. The van der Waals surface area contributed by atoms with Gasteiger partial charge >= 0.3 is 5.97 Å². The highest BCUT2D eigenvalue weighted by molar-refractivity contribution is 6.35. The van der Waals surface area contributed by atoms with Gasteiger partial charge in [-0.05, 0) is 18.6 Å². The number of ketones is 1. The molecule has 0 bridgehead atoms. The number of oxazole rings is 1. The van der Waals surface area contributed by atoms with Crippen LogP contribution in [0.5, 0.6) is 0 Å². The Morgan fingerprint density at radius 3 is 2.79 bits per heavy atom. The van der Waals surface area contributed by atoms with Gasteiger partial charge in [-0.2, -0.15) is 0 Å². The molecule has 2 aromatic rings. The third-order valence-corrected chi connectivity index (χ3v) is 3.56. The molecule has 0 spiro atoms. The topological polar surface area (TPSA) is 80.4 Å². The van der Waals surface area contributed by atoms with Gasteiger partial charge in [-0.1, -0.05) is 11.6 Å². The molecule has 1 aliphatic rings. The number of halogens is 1. The zero-order chi connectivity index (χ0) is 13.7. The fraction of sp³-hybridized carbons (Fsp3) is 0.308. The lowest BCUT2D eigenvalue weighted by Gasteiger charge is -2.00. The maximum Gasteiger partial charge on any atom is 0.307 e. The van der Waals surface area contributed by atoms with Crippen molar-refractivity contribution in [3.63, 3.8) is 0 Å². The van der Waals surface area contributed by atoms with Crippen molar-refractivity contribution in [3.05, 3.63) is 28.6 Å². The van der Waals surface area contributed by atoms with E-state index < -0.39 is 17.8 Å². The molecule has 6 heteroatoms. The molecule has 5 nitrogen and oxygen atoms in total. The Morgan fingerprint density at radius 2 is 2.16 bits per heavy atom. The molecular formula is C13H10ClNO4. The van der Waals surface area contributed by atoms with E-state index in [-0.39, 0.29) is 5.78 Å². The second kappa shape index (κ2) is 4.06. The van der Waals surface area contributed by atoms with E-state index in [9.17, 15) is 9.59 Å². The summed E-state index contributed by atoms with van der Waals surface area (Å²) < 4.78 is 5.32. The molecule has 1 saturated carbocycles. The molecule has 19 heavy (non-hydrogen) atoms. The number of benzene rings is 1. The number of carbonyl (C=O) groups excluding carboxylic acids is 1. The summed E-state index contributed by atoms with van der Waals surface area (Å²) in [5.74, 6) is -1.67. The molecule has 1 N–H and O–H groups in total. The summed E-state index contributed by atoms with van der Waals surface area (Å²) in [6.07, 6.45) is 0.391. The number of carboxylic acid groups (broad SMARTS) is 1. The molecule has 1 aromatic heterocycles. The molecule has 0 amide bonds. The maximum absolute atomic E-state index is 12.1. The van der Waals surface area contributed by atoms with E-state index in [2.05, 4.69) is 4.98 Å². The van der Waals surface area contributed by atoms with Crippen LogP contribution >= 0.6 is 11.6 Å². The van der Waals surface area contributed by atoms with Crippen LogP contribution in [0.4, 0.5) is 0 Å². The van der Waals surface area contributed by atoms with Crippen molar-refractivity contribution in [2.75, 3.05) is 0 Å². The number of Topliss-reactive ketones (excluding diaryl/α,β-unsaturated/α-hetero) is 1. The van der Waals surface area contributed by atoms with E-state index in [0.717, 1.165) is 0 Å². The number of aryl methyl sites for hydroxylation is 1. The highest BCUT2D eigenvalue weighted by atomic mass is 35.5. The van der Waals surface area contributed by atoms with E-state index >= 15 is 0 Å². The molecule has 1 aromatic carbocycles. The monoisotopic (exact) mass is 279 g/mol. The van der Waals surface area contributed by atoms with Crippen LogP contribution in [0.15, 0.2) is 16.5 Å². The van der Waals surface area contributed by atoms with Crippen LogP contribution in [-0.2, 0) is 4.79 Å². The molecule has 0 saturated heterocycles. The largest absolute Gasteiger partial charge is 0.481 e. The lowest BCUT2D eigenvalue weighted by atomic mass is 10.1. The first-order valence-electron chi connectivity index (χ1n) is 5.81. The standard InChI is InChI=1S/C13H10ClNO4/c1-5-15-10-3-6(2-9(14)12(10)19-5)11(16)7-4-8(7)13(17)18/h2-3,7-8H,4H2,1H3,(H,17,18). The van der Waals surface area contributed by atoms with Gasteiger partial charge in [-0.25, -0.2) is 4.98 Å². The first-order chi connectivity index (χ1) is 8.97. The second-order valence-electron chi connectivity index (χ2n) is 4.69. The van der Waals surface area contributed by atoms with E-state index in [1.165, 1.54) is 6.07 Å². The quantitative estimate of drug-likeness (QED) is 0.874. The van der Waals surface area contributed by atoms with Crippen LogP contribution in [0, 0.1) is 18.8 Å². The highest BCUT2D eigenvalue weighted by Crippen LogP contribution is 2.41. The Bertz CT molecular complexity index is 706. The van der Waals surface area contributed by atoms with E-state index in [1.807, 2.05) is 0 Å². The zero-order valence-corrected chi connectivity index (χ0v) is 10.8. The van der Waals surface area contributed by atoms with Crippen LogP contribution in [0.3, 0.4) is 0 Å². The Balaban J connectivity index is 1.97. The molecule has 0 radical (unpaired) electrons. The summed E-state index contributed by atoms with van der Waals surface area (Å²) in [4.78, 5) is 27.1. The van der Waals surface area contributed by atoms with Gasteiger partial charge in [0, 0.05) is 18.4 Å². The van der Waals surface area contributed by atoms with Crippen molar-refractivity contribution < 1.29 is 19.1 Å². The molecule has 2 atom stereocenters. The minimum atomic E-state index is -0.928. The van der Waals surface area contributed by atoms with Crippen molar-refractivity contribution in [2.45, 2.75) is 13.3 Å². The summed E-state index contributed by atoms with van der Waals surface area (Å²) in [6, 6.07) is 3.10. The van der Waals surface area contributed by atoms with Crippen molar-refractivity contribution in [2.24, 2.45) is 11.8 Å². The average Bonchev–Trinajstić information content (AvgIpc) is 3.05. The predicted molar refractivity (Wildman–Crippen MR) is 67.3 cm³/mol. The molecular weight excluding hydrogens is 270 g/mol. The van der Waals surface area contributed by atoms with Crippen molar-refractivity contribution in [1.82, 2.24) is 4.98 Å². The van der Waals surface area contributed by atoms with Crippen molar-refractivity contribution >= 4 is 34.5 Å². The number of rotatable bonds is 3. The first-order valence-corrected chi connectivity index (χ1v) is 6.19. The summed E-state index contributed by atoms with van der Waals surface area (Å²) >= 11 is 6.04. The van der Waals surface area contributed by atoms with Crippen molar-refractivity contribution in [1.29, 1.82) is 0 Å². The number of carbonyl (C=O) groups is 2. The van der Waals surface area contributed by atoms with Gasteiger partial charge in [0.15, 0.2) is 17.3 Å². The van der Waals surface area contributed by atoms with Gasteiger partial charge in [0.1, 0.15) is 5.52 Å². The number of carboxylic acids is 1. The van der Waals surface area contributed by atoms with Crippen LogP contribution in [0.25, 0.3) is 11.1 Å².